The number of methoxy groups -OCH3 is 1. The molecule has 0 unspecified atom stereocenters. The third-order valence-electron chi connectivity index (χ3n) is 5.71. The predicted molar refractivity (Wildman–Crippen MR) is 127 cm³/mol. The standard InChI is InChI=1S/C23H24N4O3S2/c1-4-26-9-8-18-19(12-26)32-21-20(18)22(28)27(16-6-5-7-17(11-16)29-3)23(24-21)31-13-15-10-14(2)30-25-15/h5-7,10-11H,4,8-9,12-13H2,1-3H3. The Morgan fingerprint density at radius 1 is 1.31 bits per heavy atom. The van der Waals surface area contributed by atoms with Gasteiger partial charge < -0.3 is 9.26 Å². The molecule has 0 radical (unpaired) electrons. The highest BCUT2D eigenvalue weighted by Gasteiger charge is 2.25. The molecule has 0 atom stereocenters. The summed E-state index contributed by atoms with van der Waals surface area (Å²) in [6.45, 7) is 6.90. The van der Waals surface area contributed by atoms with Crippen molar-refractivity contribution in [2.24, 2.45) is 0 Å². The van der Waals surface area contributed by atoms with Crippen LogP contribution >= 0.6 is 23.1 Å². The summed E-state index contributed by atoms with van der Waals surface area (Å²) in [6.07, 6.45) is 0.878. The smallest absolute Gasteiger partial charge is 0.267 e. The van der Waals surface area contributed by atoms with Gasteiger partial charge in [-0.2, -0.15) is 0 Å². The SMILES string of the molecule is CCN1CCc2c(sc3nc(SCc4cc(C)on4)n(-c4cccc(OC)c4)c(=O)c23)C1. The van der Waals surface area contributed by atoms with Gasteiger partial charge in [0.1, 0.15) is 16.3 Å². The monoisotopic (exact) mass is 468 g/mol. The number of likely N-dealkylation sites (N-methyl/N-ethyl adjacent to an activating group) is 1. The molecule has 1 aliphatic rings. The van der Waals surface area contributed by atoms with E-state index >= 15 is 0 Å². The molecule has 0 spiro atoms. The molecule has 4 aromatic rings. The summed E-state index contributed by atoms with van der Waals surface area (Å²) in [4.78, 5) is 23.3. The highest BCUT2D eigenvalue weighted by molar-refractivity contribution is 7.98. The van der Waals surface area contributed by atoms with Gasteiger partial charge in [0.15, 0.2) is 5.16 Å². The third kappa shape index (κ3) is 3.85. The molecule has 1 aromatic carbocycles. The average molecular weight is 469 g/mol. The first-order valence-electron chi connectivity index (χ1n) is 10.6. The number of benzene rings is 1. The molecule has 32 heavy (non-hydrogen) atoms. The van der Waals surface area contributed by atoms with Crippen LogP contribution in [0.15, 0.2) is 44.8 Å². The molecule has 0 N–H and O–H groups in total. The first kappa shape index (κ1) is 21.2. The van der Waals surface area contributed by atoms with E-state index in [0.717, 1.165) is 59.0 Å². The normalized spacial score (nSPS) is 14.1. The number of hydrogen-bond acceptors (Lipinski definition) is 8. The summed E-state index contributed by atoms with van der Waals surface area (Å²) in [7, 11) is 1.63. The molecule has 0 amide bonds. The number of ether oxygens (including phenoxy) is 1. The van der Waals surface area contributed by atoms with Gasteiger partial charge in [-0.25, -0.2) is 4.98 Å². The lowest BCUT2D eigenvalue weighted by Crippen LogP contribution is -2.30. The Morgan fingerprint density at radius 3 is 2.94 bits per heavy atom. The number of aromatic nitrogens is 3. The average Bonchev–Trinajstić information content (AvgIpc) is 3.39. The van der Waals surface area contributed by atoms with Crippen molar-refractivity contribution >= 4 is 33.3 Å². The minimum atomic E-state index is -0.0236. The van der Waals surface area contributed by atoms with Crippen LogP contribution in [0.5, 0.6) is 5.75 Å². The Labute approximate surface area is 194 Å². The van der Waals surface area contributed by atoms with Gasteiger partial charge in [0, 0.05) is 35.9 Å². The van der Waals surface area contributed by atoms with Crippen LogP contribution in [0.3, 0.4) is 0 Å². The maximum Gasteiger partial charge on any atom is 0.267 e. The Bertz CT molecular complexity index is 1340. The van der Waals surface area contributed by atoms with Gasteiger partial charge in [0.05, 0.1) is 23.9 Å². The lowest BCUT2D eigenvalue weighted by atomic mass is 10.1. The molecule has 0 fully saturated rings. The van der Waals surface area contributed by atoms with Crippen molar-refractivity contribution in [1.82, 2.24) is 19.6 Å². The zero-order valence-corrected chi connectivity index (χ0v) is 19.9. The number of aryl methyl sites for hydroxylation is 1. The molecule has 0 bridgehead atoms. The Kier molecular flexibility index (Phi) is 5.79. The van der Waals surface area contributed by atoms with E-state index in [1.54, 1.807) is 23.0 Å². The van der Waals surface area contributed by atoms with Crippen LogP contribution in [-0.4, -0.2) is 39.8 Å². The number of thioether (sulfide) groups is 1. The molecule has 0 saturated heterocycles. The highest BCUT2D eigenvalue weighted by Crippen LogP contribution is 2.35. The van der Waals surface area contributed by atoms with E-state index in [1.165, 1.54) is 16.6 Å². The van der Waals surface area contributed by atoms with Gasteiger partial charge in [-0.15, -0.1) is 11.3 Å². The Hall–Kier alpha value is -2.62. The fourth-order valence-corrected chi connectivity index (χ4v) is 6.24. The zero-order chi connectivity index (χ0) is 22.2. The minimum Gasteiger partial charge on any atom is -0.497 e. The van der Waals surface area contributed by atoms with E-state index < -0.39 is 0 Å². The van der Waals surface area contributed by atoms with Gasteiger partial charge >= 0.3 is 0 Å². The topological polar surface area (TPSA) is 73.4 Å². The van der Waals surface area contributed by atoms with E-state index in [9.17, 15) is 4.79 Å². The predicted octanol–water partition coefficient (Wildman–Crippen LogP) is 4.42. The van der Waals surface area contributed by atoms with Crippen molar-refractivity contribution in [3.63, 3.8) is 0 Å². The van der Waals surface area contributed by atoms with E-state index in [-0.39, 0.29) is 5.56 Å². The lowest BCUT2D eigenvalue weighted by molar-refractivity contribution is 0.272. The molecule has 166 valence electrons. The second-order valence-electron chi connectivity index (χ2n) is 7.76. The van der Waals surface area contributed by atoms with Crippen molar-refractivity contribution < 1.29 is 9.26 Å². The van der Waals surface area contributed by atoms with Crippen LogP contribution < -0.4 is 10.3 Å². The van der Waals surface area contributed by atoms with Crippen LogP contribution in [0.25, 0.3) is 15.9 Å². The van der Waals surface area contributed by atoms with Crippen LogP contribution in [0, 0.1) is 6.92 Å². The molecule has 9 heteroatoms. The fourth-order valence-electron chi connectivity index (χ4n) is 4.05. The molecule has 5 rings (SSSR count). The van der Waals surface area contributed by atoms with Crippen LogP contribution in [0.1, 0.15) is 28.8 Å². The molecule has 0 saturated carbocycles. The first-order valence-corrected chi connectivity index (χ1v) is 12.4. The largest absolute Gasteiger partial charge is 0.497 e. The highest BCUT2D eigenvalue weighted by atomic mass is 32.2. The summed E-state index contributed by atoms with van der Waals surface area (Å²) in [5, 5.41) is 5.48. The summed E-state index contributed by atoms with van der Waals surface area (Å²) < 4.78 is 12.3. The first-order chi connectivity index (χ1) is 15.6. The van der Waals surface area contributed by atoms with Crippen molar-refractivity contribution in [2.45, 2.75) is 37.7 Å². The molecular formula is C23H24N4O3S2. The maximum absolute atomic E-state index is 13.9. The van der Waals surface area contributed by atoms with E-state index in [0.29, 0.717) is 16.7 Å². The molecule has 4 heterocycles. The molecule has 1 aliphatic heterocycles. The second kappa shape index (κ2) is 8.73. The van der Waals surface area contributed by atoms with E-state index in [2.05, 4.69) is 17.0 Å². The minimum absolute atomic E-state index is 0.0236. The number of fused-ring (bicyclic) bond motifs is 3. The summed E-state index contributed by atoms with van der Waals surface area (Å²) in [6, 6.07) is 9.46. The number of rotatable bonds is 6. The Balaban J connectivity index is 1.66. The van der Waals surface area contributed by atoms with Crippen LogP contribution in [-0.2, 0) is 18.7 Å². The van der Waals surface area contributed by atoms with Gasteiger partial charge in [0.25, 0.3) is 5.56 Å². The van der Waals surface area contributed by atoms with E-state index in [1.807, 2.05) is 37.3 Å². The van der Waals surface area contributed by atoms with Crippen LogP contribution in [0.2, 0.25) is 0 Å². The van der Waals surface area contributed by atoms with Gasteiger partial charge in [-0.3, -0.25) is 14.3 Å². The van der Waals surface area contributed by atoms with Crippen LogP contribution in [0.4, 0.5) is 0 Å². The van der Waals surface area contributed by atoms with Crippen molar-refractivity contribution in [2.75, 3.05) is 20.2 Å². The number of hydrogen-bond donors (Lipinski definition) is 0. The second-order valence-corrected chi connectivity index (χ2v) is 9.78. The molecular weight excluding hydrogens is 444 g/mol. The Morgan fingerprint density at radius 2 is 2.19 bits per heavy atom. The van der Waals surface area contributed by atoms with E-state index in [4.69, 9.17) is 14.2 Å². The summed E-state index contributed by atoms with van der Waals surface area (Å²) in [5.74, 6) is 2.03. The van der Waals surface area contributed by atoms with Crippen molar-refractivity contribution in [3.8, 4) is 11.4 Å². The molecule has 7 nitrogen and oxygen atoms in total. The van der Waals surface area contributed by atoms with Gasteiger partial charge in [0.2, 0.25) is 0 Å². The number of nitrogens with zero attached hydrogens (tertiary/aromatic N) is 4. The van der Waals surface area contributed by atoms with Gasteiger partial charge in [-0.05, 0) is 37.6 Å². The molecule has 0 aliphatic carbocycles. The summed E-state index contributed by atoms with van der Waals surface area (Å²) >= 11 is 3.13. The zero-order valence-electron chi connectivity index (χ0n) is 18.3. The molecule has 3 aromatic heterocycles. The fraction of sp³-hybridized carbons (Fsp3) is 0.348. The lowest BCUT2D eigenvalue weighted by Gasteiger charge is -2.25. The third-order valence-corrected chi connectivity index (χ3v) is 7.79. The summed E-state index contributed by atoms with van der Waals surface area (Å²) in [5.41, 5.74) is 2.70. The van der Waals surface area contributed by atoms with Crippen molar-refractivity contribution in [3.05, 3.63) is 62.6 Å². The number of thiophene rings is 1. The maximum atomic E-state index is 13.9. The van der Waals surface area contributed by atoms with Gasteiger partial charge in [-0.1, -0.05) is 29.9 Å². The quantitative estimate of drug-likeness (QED) is 0.306. The van der Waals surface area contributed by atoms with Crippen molar-refractivity contribution in [1.29, 1.82) is 0 Å².